The van der Waals surface area contributed by atoms with E-state index in [0.717, 1.165) is 11.6 Å². The van der Waals surface area contributed by atoms with Crippen molar-refractivity contribution in [2.24, 2.45) is 5.73 Å². The summed E-state index contributed by atoms with van der Waals surface area (Å²) in [7, 11) is 0. The van der Waals surface area contributed by atoms with Crippen molar-refractivity contribution in [3.05, 3.63) is 101 Å². The number of aliphatic hydroxyl groups is 1. The standard InChI is InChI=1S/C33H39F3N4O5/c1-3-13-40(14-4-2)32(44)26-18-24(30(37)42)17-25(19-26)31(43)39-28(29(41)21-38-20-22-9-6-5-7-10-22)16-23-11-8-12-27(15-23)45-33(34,35)36/h5-12,15,17-19,28-29,38,41H,3-4,13-14,16,20-21H2,1-2H3,(H2,37,42)(H,39,43)/t28-,29+/m0/s1. The number of hydrogen-bond donors (Lipinski definition) is 4. The van der Waals surface area contributed by atoms with E-state index in [1.165, 1.54) is 30.3 Å². The highest BCUT2D eigenvalue weighted by Gasteiger charge is 2.31. The van der Waals surface area contributed by atoms with Crippen LogP contribution in [0.4, 0.5) is 13.2 Å². The first-order valence-electron chi connectivity index (χ1n) is 14.7. The van der Waals surface area contributed by atoms with Crippen molar-refractivity contribution in [1.29, 1.82) is 0 Å². The number of primary amides is 1. The van der Waals surface area contributed by atoms with Crippen LogP contribution in [0, 0.1) is 0 Å². The topological polar surface area (TPSA) is 134 Å². The molecule has 0 heterocycles. The molecule has 0 unspecified atom stereocenters. The first-order valence-corrected chi connectivity index (χ1v) is 14.7. The van der Waals surface area contributed by atoms with Gasteiger partial charge in [0, 0.05) is 42.9 Å². The summed E-state index contributed by atoms with van der Waals surface area (Å²) in [5, 5.41) is 17.0. The molecule has 0 spiro atoms. The molecule has 12 heteroatoms. The lowest BCUT2D eigenvalue weighted by Crippen LogP contribution is -2.48. The summed E-state index contributed by atoms with van der Waals surface area (Å²) in [5.74, 6) is -2.35. The zero-order chi connectivity index (χ0) is 33.0. The molecule has 2 atom stereocenters. The molecule has 0 aliphatic rings. The van der Waals surface area contributed by atoms with Crippen molar-refractivity contribution in [3.63, 3.8) is 0 Å². The van der Waals surface area contributed by atoms with Gasteiger partial charge in [-0.15, -0.1) is 13.2 Å². The summed E-state index contributed by atoms with van der Waals surface area (Å²) in [6.07, 6.45) is -4.72. The second-order valence-corrected chi connectivity index (χ2v) is 10.6. The highest BCUT2D eigenvalue weighted by molar-refractivity contribution is 6.04. The smallest absolute Gasteiger partial charge is 0.406 e. The molecule has 0 aliphatic carbocycles. The van der Waals surface area contributed by atoms with Crippen LogP contribution in [0.1, 0.15) is 68.9 Å². The van der Waals surface area contributed by atoms with Gasteiger partial charge in [-0.05, 0) is 60.7 Å². The fourth-order valence-corrected chi connectivity index (χ4v) is 4.82. The van der Waals surface area contributed by atoms with E-state index < -0.39 is 36.1 Å². The number of amides is 3. The highest BCUT2D eigenvalue weighted by atomic mass is 19.4. The number of carbonyl (C=O) groups excluding carboxylic acids is 3. The van der Waals surface area contributed by atoms with Crippen molar-refractivity contribution in [2.75, 3.05) is 19.6 Å². The Kier molecular flexibility index (Phi) is 12.9. The number of nitrogens with two attached hydrogens (primary N) is 1. The molecule has 0 bridgehead atoms. The maximum Gasteiger partial charge on any atom is 0.573 e. The van der Waals surface area contributed by atoms with E-state index >= 15 is 0 Å². The molecule has 0 aliphatic heterocycles. The fourth-order valence-electron chi connectivity index (χ4n) is 4.82. The van der Waals surface area contributed by atoms with E-state index in [0.29, 0.717) is 38.0 Å². The first-order chi connectivity index (χ1) is 21.4. The maximum atomic E-state index is 13.6. The number of nitrogens with zero attached hydrogens (tertiary/aromatic N) is 1. The second-order valence-electron chi connectivity index (χ2n) is 10.6. The Morgan fingerprint density at radius 2 is 1.51 bits per heavy atom. The number of alkyl halides is 3. The number of benzene rings is 3. The average Bonchev–Trinajstić information content (AvgIpc) is 2.99. The van der Waals surface area contributed by atoms with Gasteiger partial charge in [-0.25, -0.2) is 0 Å². The van der Waals surface area contributed by atoms with E-state index in [4.69, 9.17) is 5.73 Å². The van der Waals surface area contributed by atoms with E-state index in [2.05, 4.69) is 15.4 Å². The molecule has 0 aromatic heterocycles. The SMILES string of the molecule is CCCN(CCC)C(=O)c1cc(C(N)=O)cc(C(=O)N[C@@H](Cc2cccc(OC(F)(F)F)c2)[C@H](O)CNCc2ccccc2)c1. The molecular formula is C33H39F3N4O5. The second kappa shape index (κ2) is 16.6. The number of halogens is 3. The molecule has 5 N–H and O–H groups in total. The number of carbonyl (C=O) groups is 3. The van der Waals surface area contributed by atoms with Crippen LogP contribution in [0.15, 0.2) is 72.8 Å². The Hall–Kier alpha value is -4.42. The molecule has 3 aromatic carbocycles. The van der Waals surface area contributed by atoms with Gasteiger partial charge in [0.15, 0.2) is 0 Å². The van der Waals surface area contributed by atoms with Gasteiger partial charge in [-0.3, -0.25) is 14.4 Å². The predicted molar refractivity (Wildman–Crippen MR) is 164 cm³/mol. The van der Waals surface area contributed by atoms with Crippen LogP contribution in [0.5, 0.6) is 5.75 Å². The van der Waals surface area contributed by atoms with Gasteiger partial charge in [-0.1, -0.05) is 56.3 Å². The normalized spacial score (nSPS) is 12.7. The van der Waals surface area contributed by atoms with Gasteiger partial charge in [0.05, 0.1) is 12.1 Å². The van der Waals surface area contributed by atoms with Gasteiger partial charge in [0.2, 0.25) is 5.91 Å². The van der Waals surface area contributed by atoms with Crippen LogP contribution in [0.3, 0.4) is 0 Å². The average molecular weight is 629 g/mol. The molecule has 0 radical (unpaired) electrons. The summed E-state index contributed by atoms with van der Waals surface area (Å²) in [6.45, 7) is 5.28. The third kappa shape index (κ3) is 11.2. The van der Waals surface area contributed by atoms with Crippen molar-refractivity contribution >= 4 is 17.7 Å². The fraction of sp³-hybridized carbons (Fsp3) is 0.364. The van der Waals surface area contributed by atoms with Crippen LogP contribution >= 0.6 is 0 Å². The minimum absolute atomic E-state index is 0.0344. The van der Waals surface area contributed by atoms with Crippen molar-refractivity contribution in [3.8, 4) is 5.75 Å². The van der Waals surface area contributed by atoms with E-state index in [-0.39, 0.29) is 35.6 Å². The Morgan fingerprint density at radius 3 is 2.13 bits per heavy atom. The van der Waals surface area contributed by atoms with Gasteiger partial charge < -0.3 is 31.1 Å². The monoisotopic (exact) mass is 628 g/mol. The molecule has 0 saturated carbocycles. The van der Waals surface area contributed by atoms with Crippen LogP contribution in [-0.4, -0.2) is 65.9 Å². The summed E-state index contributed by atoms with van der Waals surface area (Å²) in [5.41, 5.74) is 6.87. The lowest BCUT2D eigenvalue weighted by molar-refractivity contribution is -0.274. The number of ether oxygens (including phenoxy) is 1. The van der Waals surface area contributed by atoms with Crippen LogP contribution < -0.4 is 21.1 Å². The van der Waals surface area contributed by atoms with Gasteiger partial charge >= 0.3 is 6.36 Å². The molecule has 242 valence electrons. The van der Waals surface area contributed by atoms with Crippen LogP contribution in [0.2, 0.25) is 0 Å². The minimum Gasteiger partial charge on any atom is -0.406 e. The third-order valence-corrected chi connectivity index (χ3v) is 6.89. The largest absolute Gasteiger partial charge is 0.573 e. The summed E-state index contributed by atoms with van der Waals surface area (Å²) < 4.78 is 42.5. The van der Waals surface area contributed by atoms with Gasteiger partial charge in [0.25, 0.3) is 11.8 Å². The van der Waals surface area contributed by atoms with Gasteiger partial charge in [-0.2, -0.15) is 0 Å². The zero-order valence-corrected chi connectivity index (χ0v) is 25.3. The first kappa shape index (κ1) is 35.1. The number of nitrogens with one attached hydrogen (secondary N) is 2. The molecule has 3 aromatic rings. The van der Waals surface area contributed by atoms with E-state index in [1.54, 1.807) is 11.0 Å². The number of aliphatic hydroxyl groups excluding tert-OH is 1. The lowest BCUT2D eigenvalue weighted by atomic mass is 9.99. The minimum atomic E-state index is -4.89. The quantitative estimate of drug-likeness (QED) is 0.185. The Morgan fingerprint density at radius 1 is 0.889 bits per heavy atom. The molecule has 45 heavy (non-hydrogen) atoms. The van der Waals surface area contributed by atoms with Gasteiger partial charge in [0.1, 0.15) is 5.75 Å². The number of rotatable bonds is 16. The highest BCUT2D eigenvalue weighted by Crippen LogP contribution is 2.24. The maximum absolute atomic E-state index is 13.6. The summed E-state index contributed by atoms with van der Waals surface area (Å²) in [4.78, 5) is 40.7. The molecule has 3 amide bonds. The van der Waals surface area contributed by atoms with Crippen molar-refractivity contribution < 1.29 is 37.4 Å². The number of hydrogen-bond acceptors (Lipinski definition) is 6. The molecular weight excluding hydrogens is 589 g/mol. The lowest BCUT2D eigenvalue weighted by Gasteiger charge is -2.26. The Bertz CT molecular complexity index is 1430. The van der Waals surface area contributed by atoms with Crippen LogP contribution in [0.25, 0.3) is 0 Å². The predicted octanol–water partition coefficient (Wildman–Crippen LogP) is 4.44. The summed E-state index contributed by atoms with van der Waals surface area (Å²) >= 11 is 0. The molecule has 3 rings (SSSR count). The Labute approximate surface area is 260 Å². The third-order valence-electron chi connectivity index (χ3n) is 6.89. The molecule has 9 nitrogen and oxygen atoms in total. The molecule has 0 saturated heterocycles. The van der Waals surface area contributed by atoms with Crippen molar-refractivity contribution in [1.82, 2.24) is 15.5 Å². The van der Waals surface area contributed by atoms with E-state index in [1.807, 2.05) is 44.2 Å². The van der Waals surface area contributed by atoms with Crippen LogP contribution in [-0.2, 0) is 13.0 Å². The summed E-state index contributed by atoms with van der Waals surface area (Å²) in [6, 6.07) is 17.6. The van der Waals surface area contributed by atoms with E-state index in [9.17, 15) is 32.7 Å². The van der Waals surface area contributed by atoms with Crippen molar-refractivity contribution in [2.45, 2.75) is 58.2 Å². The Balaban J connectivity index is 1.89. The zero-order valence-electron chi connectivity index (χ0n) is 25.3. The molecule has 0 fully saturated rings.